The summed E-state index contributed by atoms with van der Waals surface area (Å²) in [5, 5.41) is 19.3. The number of H-pyrrole nitrogens is 1. The number of carboxylic acids is 1. The van der Waals surface area contributed by atoms with Gasteiger partial charge in [0.05, 0.1) is 11.8 Å². The molecule has 0 spiro atoms. The van der Waals surface area contributed by atoms with Gasteiger partial charge in [-0.25, -0.2) is 9.78 Å². The topological polar surface area (TPSA) is 118 Å². The maximum atomic E-state index is 10.8. The Morgan fingerprint density at radius 3 is 2.47 bits per heavy atom. The number of anilines is 1. The molecule has 2 aromatic rings. The van der Waals surface area contributed by atoms with Gasteiger partial charge in [-0.2, -0.15) is 0 Å². The molecule has 4 N–H and O–H groups in total. The average molecular weight is 260 g/mol. The van der Waals surface area contributed by atoms with E-state index in [9.17, 15) is 14.7 Å². The van der Waals surface area contributed by atoms with Gasteiger partial charge >= 0.3 is 5.97 Å². The lowest BCUT2D eigenvalue weighted by molar-refractivity contribution is -0.360. The highest BCUT2D eigenvalue weighted by atomic mass is 16.4. The second kappa shape index (κ2) is 6.75. The standard InChI is InChI=1S/C8H6O4.C5H6N2/c9-4-5-1-2-7(10)6(3-5)8(11)12;6-5-3-1-2-4-7-5/h1-4,10H,(H,11,12);1-4H,(H2,6,7). The Kier molecular flexibility index (Phi) is 5.04. The molecule has 0 unspecified atom stereocenters. The molecule has 0 bridgehead atoms. The van der Waals surface area contributed by atoms with Gasteiger partial charge in [-0.1, -0.05) is 23.9 Å². The summed E-state index contributed by atoms with van der Waals surface area (Å²) >= 11 is 0. The Morgan fingerprint density at radius 2 is 2.05 bits per heavy atom. The van der Waals surface area contributed by atoms with E-state index in [1.165, 1.54) is 6.07 Å². The summed E-state index contributed by atoms with van der Waals surface area (Å²) in [6.45, 7) is 0. The van der Waals surface area contributed by atoms with Crippen molar-refractivity contribution in [2.75, 3.05) is 5.73 Å². The molecule has 0 aliphatic rings. The summed E-state index contributed by atoms with van der Waals surface area (Å²) < 4.78 is 0. The molecule has 0 fully saturated rings. The fourth-order valence-electron chi connectivity index (χ4n) is 1.20. The minimum atomic E-state index is -1.32. The van der Waals surface area contributed by atoms with Gasteiger partial charge in [0.1, 0.15) is 6.29 Å². The second-order valence-electron chi connectivity index (χ2n) is 3.50. The predicted molar refractivity (Wildman–Crippen MR) is 65.6 cm³/mol. The highest BCUT2D eigenvalue weighted by molar-refractivity contribution is 5.92. The lowest BCUT2D eigenvalue weighted by Crippen LogP contribution is -2.06. The van der Waals surface area contributed by atoms with E-state index in [0.717, 1.165) is 12.1 Å². The molecule has 6 heteroatoms. The van der Waals surface area contributed by atoms with Crippen molar-refractivity contribution in [1.29, 1.82) is 0 Å². The molecule has 0 radical (unpaired) electrons. The predicted octanol–water partition coefficient (Wildman–Crippen LogP) is 0.354. The van der Waals surface area contributed by atoms with E-state index in [1.807, 2.05) is 12.1 Å². The van der Waals surface area contributed by atoms with Crippen molar-refractivity contribution in [1.82, 2.24) is 0 Å². The number of rotatable bonds is 2. The van der Waals surface area contributed by atoms with Gasteiger partial charge in [0.2, 0.25) is 0 Å². The van der Waals surface area contributed by atoms with E-state index in [4.69, 9.17) is 10.8 Å². The first-order chi connectivity index (χ1) is 9.04. The monoisotopic (exact) mass is 260 g/mol. The van der Waals surface area contributed by atoms with Gasteiger partial charge in [0, 0.05) is 11.6 Å². The second-order valence-corrected chi connectivity index (χ2v) is 3.50. The van der Waals surface area contributed by atoms with Crippen LogP contribution in [0.15, 0.2) is 42.6 Å². The number of pyridine rings is 1. The summed E-state index contributed by atoms with van der Waals surface area (Å²) in [6, 6.07) is 8.97. The third-order valence-electron chi connectivity index (χ3n) is 2.10. The number of aromatic nitrogens is 1. The Labute approximate surface area is 109 Å². The molecule has 0 amide bonds. The Hall–Kier alpha value is -2.89. The van der Waals surface area contributed by atoms with Crippen LogP contribution in [0, 0.1) is 0 Å². The van der Waals surface area contributed by atoms with Crippen molar-refractivity contribution >= 4 is 18.1 Å². The van der Waals surface area contributed by atoms with Crippen LogP contribution in [0.4, 0.5) is 5.82 Å². The highest BCUT2D eigenvalue weighted by Crippen LogP contribution is 2.14. The number of nitrogen functional groups attached to an aromatic ring is 1. The quantitative estimate of drug-likeness (QED) is 0.755. The zero-order valence-corrected chi connectivity index (χ0v) is 9.87. The van der Waals surface area contributed by atoms with Crippen molar-refractivity contribution in [2.45, 2.75) is 0 Å². The lowest BCUT2D eigenvalue weighted by atomic mass is 10.1. The molecule has 19 heavy (non-hydrogen) atoms. The zero-order valence-electron chi connectivity index (χ0n) is 9.87. The molecule has 0 saturated carbocycles. The van der Waals surface area contributed by atoms with Gasteiger partial charge < -0.3 is 10.2 Å². The number of carboxylic acid groups (broad SMARTS) is 1. The van der Waals surface area contributed by atoms with Crippen LogP contribution in [0.2, 0.25) is 0 Å². The molecule has 0 aliphatic carbocycles. The minimum Gasteiger partial charge on any atom is -0.872 e. The number of nitrogens with one attached hydrogen (secondary N) is 1. The molecule has 0 saturated heterocycles. The third-order valence-corrected chi connectivity index (χ3v) is 2.10. The van der Waals surface area contributed by atoms with Gasteiger partial charge in [-0.05, 0) is 12.1 Å². The molecular weight excluding hydrogens is 248 g/mol. The van der Waals surface area contributed by atoms with Crippen LogP contribution in [0.5, 0.6) is 5.75 Å². The van der Waals surface area contributed by atoms with Crippen molar-refractivity contribution in [2.24, 2.45) is 0 Å². The van der Waals surface area contributed by atoms with E-state index >= 15 is 0 Å². The number of carbonyl (C=O) groups excluding carboxylic acids is 1. The van der Waals surface area contributed by atoms with Crippen molar-refractivity contribution in [3.05, 3.63) is 53.7 Å². The molecule has 98 valence electrons. The number of aromatic amines is 1. The van der Waals surface area contributed by atoms with Crippen LogP contribution in [-0.4, -0.2) is 17.4 Å². The molecule has 1 heterocycles. The number of carbonyl (C=O) groups is 2. The van der Waals surface area contributed by atoms with E-state index in [-0.39, 0.29) is 11.1 Å². The summed E-state index contributed by atoms with van der Waals surface area (Å²) in [6.07, 6.45) is 2.28. The Bertz CT molecular complexity index is 570. The molecule has 6 nitrogen and oxygen atoms in total. The molecular formula is C13H12N2O4. The van der Waals surface area contributed by atoms with Gasteiger partial charge in [0.25, 0.3) is 5.82 Å². The van der Waals surface area contributed by atoms with E-state index in [2.05, 4.69) is 4.98 Å². The summed E-state index contributed by atoms with van der Waals surface area (Å²) in [5.41, 5.74) is 5.11. The Morgan fingerprint density at radius 1 is 1.32 bits per heavy atom. The highest BCUT2D eigenvalue weighted by Gasteiger charge is 2.03. The summed E-state index contributed by atoms with van der Waals surface area (Å²) in [5.74, 6) is -1.21. The Balaban J connectivity index is 0.000000218. The SMILES string of the molecule is Nc1cccc[nH+]1.O=Cc1ccc([O-])c(C(=O)O)c1. The smallest absolute Gasteiger partial charge is 0.335 e. The number of aldehydes is 1. The average Bonchev–Trinajstić information content (AvgIpc) is 2.40. The molecule has 1 aromatic carbocycles. The first kappa shape index (κ1) is 14.2. The molecule has 0 atom stereocenters. The van der Waals surface area contributed by atoms with E-state index in [1.54, 1.807) is 12.3 Å². The van der Waals surface area contributed by atoms with Gasteiger partial charge in [-0.15, -0.1) is 0 Å². The normalized spacial score (nSPS) is 9.05. The fourth-order valence-corrected chi connectivity index (χ4v) is 1.20. The van der Waals surface area contributed by atoms with Crippen LogP contribution in [0.1, 0.15) is 20.7 Å². The number of aromatic carboxylic acids is 1. The summed E-state index contributed by atoms with van der Waals surface area (Å²) in [7, 11) is 0. The number of hydrogen-bond donors (Lipinski definition) is 2. The number of nitrogens with two attached hydrogens (primary N) is 1. The maximum absolute atomic E-state index is 10.8. The minimum absolute atomic E-state index is 0.187. The largest absolute Gasteiger partial charge is 0.872 e. The van der Waals surface area contributed by atoms with Crippen LogP contribution < -0.4 is 15.8 Å². The van der Waals surface area contributed by atoms with Crippen molar-refractivity contribution in [3.8, 4) is 5.75 Å². The van der Waals surface area contributed by atoms with Gasteiger partial charge in [-0.3, -0.25) is 10.5 Å². The molecule has 2 rings (SSSR count). The third kappa shape index (κ3) is 4.47. The number of hydrogen-bond acceptors (Lipinski definition) is 4. The van der Waals surface area contributed by atoms with Crippen LogP contribution in [-0.2, 0) is 0 Å². The molecule has 1 aromatic heterocycles. The first-order valence-corrected chi connectivity index (χ1v) is 5.26. The summed E-state index contributed by atoms with van der Waals surface area (Å²) in [4.78, 5) is 23.4. The van der Waals surface area contributed by atoms with Crippen LogP contribution in [0.3, 0.4) is 0 Å². The maximum Gasteiger partial charge on any atom is 0.335 e. The lowest BCUT2D eigenvalue weighted by Gasteiger charge is -2.08. The zero-order chi connectivity index (χ0) is 14.3. The number of benzene rings is 1. The fraction of sp³-hybridized carbons (Fsp3) is 0. The van der Waals surface area contributed by atoms with Crippen molar-refractivity contribution < 1.29 is 24.8 Å². The van der Waals surface area contributed by atoms with Crippen LogP contribution >= 0.6 is 0 Å². The first-order valence-electron chi connectivity index (χ1n) is 5.26. The van der Waals surface area contributed by atoms with Crippen LogP contribution in [0.25, 0.3) is 0 Å². The molecule has 0 aliphatic heterocycles. The van der Waals surface area contributed by atoms with Gasteiger partial charge in [0.15, 0.2) is 0 Å². The van der Waals surface area contributed by atoms with Crippen molar-refractivity contribution in [3.63, 3.8) is 0 Å². The van der Waals surface area contributed by atoms with E-state index in [0.29, 0.717) is 12.1 Å². The van der Waals surface area contributed by atoms with E-state index < -0.39 is 11.7 Å².